The van der Waals surface area contributed by atoms with Gasteiger partial charge in [0.05, 0.1) is 11.7 Å². The first kappa shape index (κ1) is 13.8. The number of alkyl halides is 3. The van der Waals surface area contributed by atoms with Crippen LogP contribution in [0.3, 0.4) is 0 Å². The summed E-state index contributed by atoms with van der Waals surface area (Å²) in [5, 5.41) is 0. The van der Waals surface area contributed by atoms with Gasteiger partial charge in [-0.3, -0.25) is 9.78 Å². The number of pyridine rings is 1. The minimum atomic E-state index is -4.49. The predicted octanol–water partition coefficient (Wildman–Crippen LogP) is 1.96. The first-order chi connectivity index (χ1) is 8.91. The van der Waals surface area contributed by atoms with E-state index in [4.69, 9.17) is 4.74 Å². The zero-order valence-corrected chi connectivity index (χ0v) is 10.3. The fraction of sp³-hybridized carbons (Fsp3) is 0.500. The first-order valence-electron chi connectivity index (χ1n) is 5.77. The van der Waals surface area contributed by atoms with E-state index >= 15 is 0 Å². The maximum atomic E-state index is 12.3. The molecule has 0 radical (unpaired) electrons. The van der Waals surface area contributed by atoms with E-state index in [1.165, 1.54) is 0 Å². The quantitative estimate of drug-likeness (QED) is 0.828. The molecule has 1 aromatic rings. The molecule has 1 saturated heterocycles. The molecule has 1 fully saturated rings. The Morgan fingerprint density at radius 3 is 2.68 bits per heavy atom. The van der Waals surface area contributed by atoms with Crippen molar-refractivity contribution in [3.63, 3.8) is 0 Å². The van der Waals surface area contributed by atoms with Crippen molar-refractivity contribution in [3.8, 4) is 0 Å². The highest BCUT2D eigenvalue weighted by Crippen LogP contribution is 2.27. The van der Waals surface area contributed by atoms with E-state index in [1.54, 1.807) is 12.0 Å². The van der Waals surface area contributed by atoms with E-state index in [9.17, 15) is 18.0 Å². The Hall–Kier alpha value is -1.63. The van der Waals surface area contributed by atoms with Gasteiger partial charge in [-0.2, -0.15) is 13.2 Å². The highest BCUT2D eigenvalue weighted by molar-refractivity contribution is 5.94. The number of hydrogen-bond acceptors (Lipinski definition) is 3. The van der Waals surface area contributed by atoms with Crippen molar-refractivity contribution in [2.45, 2.75) is 18.7 Å². The summed E-state index contributed by atoms with van der Waals surface area (Å²) in [5.74, 6) is -0.319. The topological polar surface area (TPSA) is 42.4 Å². The molecule has 1 atom stereocenters. The zero-order chi connectivity index (χ0) is 14.0. The monoisotopic (exact) mass is 274 g/mol. The van der Waals surface area contributed by atoms with Gasteiger partial charge >= 0.3 is 6.18 Å². The number of aromatic nitrogens is 1. The molecule has 0 unspecified atom stereocenters. The molecule has 2 rings (SSSR count). The van der Waals surface area contributed by atoms with E-state index in [2.05, 4.69) is 4.98 Å². The molecule has 0 N–H and O–H groups in total. The van der Waals surface area contributed by atoms with Crippen molar-refractivity contribution in [1.29, 1.82) is 0 Å². The second-order valence-electron chi connectivity index (χ2n) is 4.33. The van der Waals surface area contributed by atoms with Crippen LogP contribution in [0.2, 0.25) is 0 Å². The third kappa shape index (κ3) is 3.04. The molecule has 1 aliphatic heterocycles. The van der Waals surface area contributed by atoms with Gasteiger partial charge in [-0.1, -0.05) is 0 Å². The minimum absolute atomic E-state index is 0.00800. The van der Waals surface area contributed by atoms with E-state index < -0.39 is 11.9 Å². The molecule has 1 aromatic heterocycles. The van der Waals surface area contributed by atoms with Gasteiger partial charge in [0.1, 0.15) is 5.69 Å². The fourth-order valence-corrected chi connectivity index (χ4v) is 1.98. The molecule has 1 aliphatic rings. The van der Waals surface area contributed by atoms with Gasteiger partial charge in [0.15, 0.2) is 0 Å². The van der Waals surface area contributed by atoms with Crippen LogP contribution >= 0.6 is 0 Å². The largest absolute Gasteiger partial charge is 0.433 e. The number of carbonyl (C=O) groups excluding carboxylic acids is 1. The van der Waals surface area contributed by atoms with Gasteiger partial charge < -0.3 is 9.64 Å². The van der Waals surface area contributed by atoms with Gasteiger partial charge in [-0.15, -0.1) is 0 Å². The normalized spacial score (nSPS) is 19.8. The van der Waals surface area contributed by atoms with Crippen LogP contribution in [0.25, 0.3) is 0 Å². The molecule has 2 heterocycles. The molecule has 1 amide bonds. The van der Waals surface area contributed by atoms with Gasteiger partial charge in [-0.25, -0.2) is 0 Å². The van der Waals surface area contributed by atoms with E-state index in [-0.39, 0.29) is 17.6 Å². The van der Waals surface area contributed by atoms with Crippen LogP contribution in [-0.4, -0.2) is 42.1 Å². The van der Waals surface area contributed by atoms with Gasteiger partial charge in [0.2, 0.25) is 0 Å². The maximum absolute atomic E-state index is 12.3. The maximum Gasteiger partial charge on any atom is 0.433 e. The summed E-state index contributed by atoms with van der Waals surface area (Å²) in [6.07, 6.45) is -2.80. The SMILES string of the molecule is CO[C@@H]1CCN(C(=O)c2ccc(C(F)(F)F)nc2)C1. The highest BCUT2D eigenvalue weighted by atomic mass is 19.4. The Bertz CT molecular complexity index is 459. The summed E-state index contributed by atoms with van der Waals surface area (Å²) in [7, 11) is 1.57. The van der Waals surface area contributed by atoms with E-state index in [0.29, 0.717) is 13.1 Å². The lowest BCUT2D eigenvalue weighted by atomic mass is 10.2. The number of halogens is 3. The number of ether oxygens (including phenoxy) is 1. The second-order valence-corrected chi connectivity index (χ2v) is 4.33. The standard InChI is InChI=1S/C12H13F3N2O2/c1-19-9-4-5-17(7-9)11(18)8-2-3-10(16-6-8)12(13,14)15/h2-3,6,9H,4-5,7H2,1H3/t9-/m1/s1. The zero-order valence-electron chi connectivity index (χ0n) is 10.3. The second kappa shape index (κ2) is 5.16. The third-order valence-corrected chi connectivity index (χ3v) is 3.07. The Morgan fingerprint density at radius 1 is 1.47 bits per heavy atom. The van der Waals surface area contributed by atoms with Crippen LogP contribution in [0.1, 0.15) is 22.5 Å². The molecule has 0 saturated carbocycles. The van der Waals surface area contributed by atoms with Crippen LogP contribution < -0.4 is 0 Å². The van der Waals surface area contributed by atoms with Crippen molar-refractivity contribution in [2.75, 3.05) is 20.2 Å². The van der Waals surface area contributed by atoms with Crippen LogP contribution in [-0.2, 0) is 10.9 Å². The summed E-state index contributed by atoms with van der Waals surface area (Å²) in [5.41, 5.74) is -0.843. The number of rotatable bonds is 2. The summed E-state index contributed by atoms with van der Waals surface area (Å²) in [6, 6.07) is 1.97. The lowest BCUT2D eigenvalue weighted by molar-refractivity contribution is -0.141. The van der Waals surface area contributed by atoms with Crippen LogP contribution in [0.15, 0.2) is 18.3 Å². The number of amides is 1. The highest BCUT2D eigenvalue weighted by Gasteiger charge is 2.33. The number of nitrogens with zero attached hydrogens (tertiary/aromatic N) is 2. The lowest BCUT2D eigenvalue weighted by Crippen LogP contribution is -2.30. The molecule has 104 valence electrons. The van der Waals surface area contributed by atoms with Crippen LogP contribution in [0.4, 0.5) is 13.2 Å². The van der Waals surface area contributed by atoms with Crippen LogP contribution in [0.5, 0.6) is 0 Å². The summed E-state index contributed by atoms with van der Waals surface area (Å²) >= 11 is 0. The van der Waals surface area contributed by atoms with Crippen molar-refractivity contribution in [3.05, 3.63) is 29.6 Å². The average molecular weight is 274 g/mol. The fourth-order valence-electron chi connectivity index (χ4n) is 1.98. The van der Waals surface area contributed by atoms with Crippen molar-refractivity contribution >= 4 is 5.91 Å². The van der Waals surface area contributed by atoms with Gasteiger partial charge in [-0.05, 0) is 18.6 Å². The van der Waals surface area contributed by atoms with E-state index in [0.717, 1.165) is 24.8 Å². The summed E-state index contributed by atoms with van der Waals surface area (Å²) in [6.45, 7) is 0.995. The van der Waals surface area contributed by atoms with Gasteiger partial charge in [0.25, 0.3) is 5.91 Å². The number of likely N-dealkylation sites (tertiary alicyclic amines) is 1. The van der Waals surface area contributed by atoms with Gasteiger partial charge in [0, 0.05) is 26.4 Å². The summed E-state index contributed by atoms with van der Waals surface area (Å²) < 4.78 is 42.2. The predicted molar refractivity (Wildman–Crippen MR) is 60.6 cm³/mol. The molecule has 7 heteroatoms. The van der Waals surface area contributed by atoms with Crippen molar-refractivity contribution < 1.29 is 22.7 Å². The number of carbonyl (C=O) groups is 1. The molecular weight excluding hydrogens is 261 g/mol. The van der Waals surface area contributed by atoms with E-state index in [1.807, 2.05) is 0 Å². The van der Waals surface area contributed by atoms with Crippen LogP contribution in [0, 0.1) is 0 Å². The first-order valence-corrected chi connectivity index (χ1v) is 5.77. The molecule has 4 nitrogen and oxygen atoms in total. The lowest BCUT2D eigenvalue weighted by Gasteiger charge is -2.16. The Morgan fingerprint density at radius 2 is 2.21 bits per heavy atom. The van der Waals surface area contributed by atoms with Crippen molar-refractivity contribution in [1.82, 2.24) is 9.88 Å². The molecule has 0 spiro atoms. The molecular formula is C12H13F3N2O2. The summed E-state index contributed by atoms with van der Waals surface area (Å²) in [4.78, 5) is 16.9. The molecule has 0 aliphatic carbocycles. The van der Waals surface area contributed by atoms with Crippen molar-refractivity contribution in [2.24, 2.45) is 0 Å². The Kier molecular flexibility index (Phi) is 3.75. The molecule has 19 heavy (non-hydrogen) atoms. The number of hydrogen-bond donors (Lipinski definition) is 0. The Labute approximate surface area is 108 Å². The minimum Gasteiger partial charge on any atom is -0.380 e. The Balaban J connectivity index is 2.08. The smallest absolute Gasteiger partial charge is 0.380 e. The number of methoxy groups -OCH3 is 1. The third-order valence-electron chi connectivity index (χ3n) is 3.07. The molecule has 0 bridgehead atoms. The molecule has 0 aromatic carbocycles. The average Bonchev–Trinajstić information content (AvgIpc) is 2.86.